The minimum Gasteiger partial charge on any atom is -0.496 e. The first kappa shape index (κ1) is 18.9. The van der Waals surface area contributed by atoms with Crippen molar-refractivity contribution in [1.29, 1.82) is 0 Å². The summed E-state index contributed by atoms with van der Waals surface area (Å²) in [6, 6.07) is 4.90. The smallest absolute Gasteiger partial charge is 0.325 e. The van der Waals surface area contributed by atoms with Crippen LogP contribution < -0.4 is 15.5 Å². The van der Waals surface area contributed by atoms with E-state index in [1.807, 2.05) is 6.07 Å². The number of hydrogen-bond donors (Lipinski definition) is 2. The fourth-order valence-electron chi connectivity index (χ4n) is 2.27. The van der Waals surface area contributed by atoms with Crippen LogP contribution in [0.2, 0.25) is 0 Å². The van der Waals surface area contributed by atoms with Crippen molar-refractivity contribution in [1.82, 2.24) is 15.6 Å². The van der Waals surface area contributed by atoms with Crippen LogP contribution >= 0.6 is 15.9 Å². The van der Waals surface area contributed by atoms with E-state index in [0.29, 0.717) is 11.3 Å². The Labute approximate surface area is 153 Å². The lowest BCUT2D eigenvalue weighted by Gasteiger charge is -2.15. The molecule has 1 aliphatic rings. The van der Waals surface area contributed by atoms with E-state index in [9.17, 15) is 14.4 Å². The van der Waals surface area contributed by atoms with Gasteiger partial charge in [0, 0.05) is 23.0 Å². The highest BCUT2D eigenvalue weighted by molar-refractivity contribution is 9.10. The van der Waals surface area contributed by atoms with Gasteiger partial charge >= 0.3 is 6.03 Å². The van der Waals surface area contributed by atoms with Gasteiger partial charge in [0.1, 0.15) is 11.3 Å². The number of nitrogens with zero attached hydrogens (tertiary/aromatic N) is 2. The van der Waals surface area contributed by atoms with Crippen LogP contribution in [0.3, 0.4) is 0 Å². The van der Waals surface area contributed by atoms with Gasteiger partial charge in [-0.15, -0.1) is 0 Å². The third-order valence-electron chi connectivity index (χ3n) is 3.59. The minimum absolute atomic E-state index is 0.00431. The van der Waals surface area contributed by atoms with Crippen molar-refractivity contribution in [3.8, 4) is 5.75 Å². The van der Waals surface area contributed by atoms with Crippen molar-refractivity contribution in [2.45, 2.75) is 25.8 Å². The van der Waals surface area contributed by atoms with Crippen LogP contribution in [-0.4, -0.2) is 48.2 Å². The lowest BCUT2D eigenvalue weighted by atomic mass is 10.1. The summed E-state index contributed by atoms with van der Waals surface area (Å²) in [4.78, 5) is 36.6. The Balaban J connectivity index is 1.88. The maximum Gasteiger partial charge on any atom is 0.325 e. The lowest BCUT2D eigenvalue weighted by Crippen LogP contribution is -2.40. The molecule has 2 N–H and O–H groups in total. The zero-order valence-electron chi connectivity index (χ0n) is 14.1. The number of halogens is 1. The average Bonchev–Trinajstić information content (AvgIpc) is 2.73. The quantitative estimate of drug-likeness (QED) is 0.422. The molecule has 4 amide bonds. The summed E-state index contributed by atoms with van der Waals surface area (Å²) in [5.41, 5.74) is 2.11. The fraction of sp³-hybridized carbons (Fsp3) is 0.375. The largest absolute Gasteiger partial charge is 0.496 e. The Morgan fingerprint density at radius 3 is 2.76 bits per heavy atom. The second-order valence-electron chi connectivity index (χ2n) is 5.94. The summed E-state index contributed by atoms with van der Waals surface area (Å²) < 4.78 is 6.05. The highest BCUT2D eigenvalue weighted by atomic mass is 79.9. The van der Waals surface area contributed by atoms with Gasteiger partial charge in [-0.1, -0.05) is 15.9 Å². The van der Waals surface area contributed by atoms with Gasteiger partial charge in [-0.25, -0.2) is 10.2 Å². The molecule has 0 radical (unpaired) electrons. The number of rotatable bonds is 6. The van der Waals surface area contributed by atoms with Crippen LogP contribution in [-0.2, 0) is 9.59 Å². The van der Waals surface area contributed by atoms with Crippen LogP contribution in [0, 0.1) is 0 Å². The molecule has 134 valence electrons. The maximum atomic E-state index is 12.0. The van der Waals surface area contributed by atoms with Gasteiger partial charge in [0.2, 0.25) is 5.91 Å². The molecule has 1 heterocycles. The van der Waals surface area contributed by atoms with Crippen LogP contribution in [0.1, 0.15) is 25.8 Å². The highest BCUT2D eigenvalue weighted by Crippen LogP contribution is 2.21. The van der Waals surface area contributed by atoms with E-state index < -0.39 is 17.5 Å². The monoisotopic (exact) mass is 410 g/mol. The van der Waals surface area contributed by atoms with Gasteiger partial charge in [0.05, 0.1) is 13.3 Å². The molecule has 8 nitrogen and oxygen atoms in total. The van der Waals surface area contributed by atoms with Gasteiger partial charge in [-0.2, -0.15) is 5.10 Å². The standard InChI is InChI=1S/C16H19BrN4O4/c1-16(2)14(23)21(15(24)19-16)7-6-13(22)20-18-9-10-8-11(17)4-5-12(10)25-3/h4-5,8-9H,6-7H2,1-3H3,(H,19,24)(H,20,22)/b18-9-. The van der Waals surface area contributed by atoms with Crippen LogP contribution in [0.4, 0.5) is 4.79 Å². The minimum atomic E-state index is -0.942. The summed E-state index contributed by atoms with van der Waals surface area (Å²) in [5, 5.41) is 6.43. The lowest BCUT2D eigenvalue weighted by molar-refractivity contribution is -0.130. The zero-order valence-corrected chi connectivity index (χ0v) is 15.7. The van der Waals surface area contributed by atoms with Gasteiger partial charge in [0.25, 0.3) is 5.91 Å². The topological polar surface area (TPSA) is 100 Å². The number of urea groups is 1. The van der Waals surface area contributed by atoms with Gasteiger partial charge < -0.3 is 10.1 Å². The van der Waals surface area contributed by atoms with Crippen molar-refractivity contribution >= 4 is 40.0 Å². The van der Waals surface area contributed by atoms with E-state index in [1.54, 1.807) is 33.1 Å². The molecule has 0 spiro atoms. The average molecular weight is 411 g/mol. The van der Waals surface area contributed by atoms with E-state index in [2.05, 4.69) is 31.8 Å². The summed E-state index contributed by atoms with van der Waals surface area (Å²) in [7, 11) is 1.54. The van der Waals surface area contributed by atoms with Crippen LogP contribution in [0.15, 0.2) is 27.8 Å². The molecule has 0 aliphatic carbocycles. The first-order chi connectivity index (χ1) is 11.7. The number of amides is 4. The highest BCUT2D eigenvalue weighted by Gasteiger charge is 2.43. The number of nitrogens with one attached hydrogen (secondary N) is 2. The SMILES string of the molecule is COc1ccc(Br)cc1/C=N\NC(=O)CCN1C(=O)NC(C)(C)C1=O. The van der Waals surface area contributed by atoms with Crippen molar-refractivity contribution in [3.05, 3.63) is 28.2 Å². The Morgan fingerprint density at radius 1 is 1.44 bits per heavy atom. The number of hydrogen-bond acceptors (Lipinski definition) is 5. The molecule has 0 bridgehead atoms. The second-order valence-corrected chi connectivity index (χ2v) is 6.86. The number of methoxy groups -OCH3 is 1. The molecule has 0 aromatic heterocycles. The predicted octanol–water partition coefficient (Wildman–Crippen LogP) is 1.63. The maximum absolute atomic E-state index is 12.0. The number of ether oxygens (including phenoxy) is 1. The Hall–Kier alpha value is -2.42. The second kappa shape index (κ2) is 7.64. The van der Waals surface area contributed by atoms with Crippen LogP contribution in [0.5, 0.6) is 5.75 Å². The van der Waals surface area contributed by atoms with Gasteiger partial charge in [-0.3, -0.25) is 14.5 Å². The molecular formula is C16H19BrN4O4. The molecule has 2 rings (SSSR count). The van der Waals surface area contributed by atoms with Gasteiger partial charge in [-0.05, 0) is 32.0 Å². The van der Waals surface area contributed by atoms with Crippen molar-refractivity contribution in [3.63, 3.8) is 0 Å². The summed E-state index contributed by atoms with van der Waals surface area (Å²) in [6.45, 7) is 3.22. The van der Waals surface area contributed by atoms with E-state index in [4.69, 9.17) is 4.74 Å². The predicted molar refractivity (Wildman–Crippen MR) is 95.4 cm³/mol. The summed E-state index contributed by atoms with van der Waals surface area (Å²) in [5.74, 6) is -0.147. The Bertz CT molecular complexity index is 733. The molecule has 0 atom stereocenters. The molecule has 1 saturated heterocycles. The normalized spacial score (nSPS) is 16.2. The summed E-state index contributed by atoms with van der Waals surface area (Å²) >= 11 is 3.35. The third kappa shape index (κ3) is 4.56. The number of hydrazone groups is 1. The van der Waals surface area contributed by atoms with Crippen LogP contribution in [0.25, 0.3) is 0 Å². The fourth-order valence-corrected chi connectivity index (χ4v) is 2.65. The van der Waals surface area contributed by atoms with Gasteiger partial charge in [0.15, 0.2) is 0 Å². The first-order valence-electron chi connectivity index (χ1n) is 7.54. The Morgan fingerprint density at radius 2 is 2.16 bits per heavy atom. The molecule has 1 aromatic rings. The van der Waals surface area contributed by atoms with E-state index in [1.165, 1.54) is 6.21 Å². The number of carbonyl (C=O) groups excluding carboxylic acids is 3. The summed E-state index contributed by atoms with van der Waals surface area (Å²) in [6.07, 6.45) is 1.42. The molecule has 0 unspecified atom stereocenters. The molecule has 25 heavy (non-hydrogen) atoms. The third-order valence-corrected chi connectivity index (χ3v) is 4.08. The van der Waals surface area contributed by atoms with Crippen molar-refractivity contribution < 1.29 is 19.1 Å². The van der Waals surface area contributed by atoms with E-state index >= 15 is 0 Å². The Kier molecular flexibility index (Phi) is 5.78. The number of benzene rings is 1. The molecule has 0 saturated carbocycles. The first-order valence-corrected chi connectivity index (χ1v) is 8.33. The number of imide groups is 1. The van der Waals surface area contributed by atoms with Crippen molar-refractivity contribution in [2.24, 2.45) is 5.10 Å². The molecule has 1 aromatic carbocycles. The number of carbonyl (C=O) groups is 3. The molecular weight excluding hydrogens is 392 g/mol. The molecule has 1 aliphatic heterocycles. The zero-order chi connectivity index (χ0) is 18.6. The molecule has 9 heteroatoms. The molecule has 1 fully saturated rings. The van der Waals surface area contributed by atoms with E-state index in [-0.39, 0.29) is 18.9 Å². The van der Waals surface area contributed by atoms with E-state index in [0.717, 1.165) is 9.37 Å². The van der Waals surface area contributed by atoms with Crippen molar-refractivity contribution in [2.75, 3.05) is 13.7 Å².